The molecule has 0 atom stereocenters. The molecular formula is C13H19N3O2. The highest BCUT2D eigenvalue weighted by atomic mass is 16.5. The van der Waals surface area contributed by atoms with Crippen LogP contribution in [0.25, 0.3) is 0 Å². The van der Waals surface area contributed by atoms with E-state index >= 15 is 0 Å². The van der Waals surface area contributed by atoms with Crippen molar-refractivity contribution in [2.45, 2.75) is 25.4 Å². The smallest absolute Gasteiger partial charge is 0.226 e. The Morgan fingerprint density at radius 3 is 2.78 bits per heavy atom. The number of hydrogen-bond donors (Lipinski definition) is 1. The van der Waals surface area contributed by atoms with Crippen LogP contribution in [0.2, 0.25) is 0 Å². The van der Waals surface area contributed by atoms with Crippen LogP contribution in [0.5, 0.6) is 0 Å². The SMILES string of the molecule is C#CCN(CC#N)C(=O)CCOC1CCNCC1. The highest BCUT2D eigenvalue weighted by Crippen LogP contribution is 2.07. The summed E-state index contributed by atoms with van der Waals surface area (Å²) in [6, 6.07) is 1.93. The van der Waals surface area contributed by atoms with Gasteiger partial charge in [-0.05, 0) is 25.9 Å². The number of nitrogens with zero attached hydrogens (tertiary/aromatic N) is 2. The van der Waals surface area contributed by atoms with E-state index in [0.29, 0.717) is 6.61 Å². The average molecular weight is 249 g/mol. The molecule has 98 valence electrons. The highest BCUT2D eigenvalue weighted by molar-refractivity contribution is 5.76. The fraction of sp³-hybridized carbons (Fsp3) is 0.692. The van der Waals surface area contributed by atoms with Gasteiger partial charge in [0, 0.05) is 0 Å². The standard InChI is InChI=1S/C13H19N3O2/c1-2-9-16(10-6-14)13(17)5-11-18-12-3-7-15-8-4-12/h1,12,15H,3-5,7-11H2. The summed E-state index contributed by atoms with van der Waals surface area (Å²) >= 11 is 0. The molecule has 0 radical (unpaired) electrons. The van der Waals surface area contributed by atoms with Crippen molar-refractivity contribution >= 4 is 5.91 Å². The van der Waals surface area contributed by atoms with Gasteiger partial charge >= 0.3 is 0 Å². The van der Waals surface area contributed by atoms with Crippen LogP contribution in [0.3, 0.4) is 0 Å². The maximum absolute atomic E-state index is 11.8. The minimum Gasteiger partial charge on any atom is -0.378 e. The third-order valence-electron chi connectivity index (χ3n) is 2.85. The first-order valence-corrected chi connectivity index (χ1v) is 6.18. The quantitative estimate of drug-likeness (QED) is 0.537. The summed E-state index contributed by atoms with van der Waals surface area (Å²) < 4.78 is 5.64. The van der Waals surface area contributed by atoms with E-state index in [1.165, 1.54) is 4.90 Å². The van der Waals surface area contributed by atoms with E-state index in [-0.39, 0.29) is 31.5 Å². The van der Waals surface area contributed by atoms with Crippen LogP contribution in [0.15, 0.2) is 0 Å². The maximum atomic E-state index is 11.8. The Bertz CT molecular complexity index is 321. The molecule has 0 unspecified atom stereocenters. The largest absolute Gasteiger partial charge is 0.378 e. The minimum atomic E-state index is -0.122. The van der Waals surface area contributed by atoms with Gasteiger partial charge in [-0.25, -0.2) is 0 Å². The van der Waals surface area contributed by atoms with Crippen molar-refractivity contribution in [3.05, 3.63) is 0 Å². The molecule has 1 aliphatic heterocycles. The van der Waals surface area contributed by atoms with Crippen molar-refractivity contribution in [3.8, 4) is 18.4 Å². The number of ether oxygens (including phenoxy) is 1. The second-order valence-corrected chi connectivity index (χ2v) is 4.18. The molecular weight excluding hydrogens is 230 g/mol. The Balaban J connectivity index is 2.22. The molecule has 1 aliphatic rings. The number of carbonyl (C=O) groups excluding carboxylic acids is 1. The van der Waals surface area contributed by atoms with Gasteiger partial charge < -0.3 is 15.0 Å². The molecule has 5 nitrogen and oxygen atoms in total. The number of piperidine rings is 1. The number of amides is 1. The molecule has 0 aromatic heterocycles. The van der Waals surface area contributed by atoms with E-state index in [1.807, 2.05) is 6.07 Å². The Morgan fingerprint density at radius 1 is 1.44 bits per heavy atom. The Labute approximate surface area is 108 Å². The molecule has 0 bridgehead atoms. The first kappa shape index (κ1) is 14.5. The number of terminal acetylenes is 1. The predicted molar refractivity (Wildman–Crippen MR) is 67.5 cm³/mol. The number of hydrogen-bond acceptors (Lipinski definition) is 4. The van der Waals surface area contributed by atoms with Crippen LogP contribution in [-0.4, -0.2) is 49.7 Å². The van der Waals surface area contributed by atoms with Gasteiger partial charge in [0.1, 0.15) is 6.54 Å². The summed E-state index contributed by atoms with van der Waals surface area (Å²) in [5, 5.41) is 11.8. The lowest BCUT2D eigenvalue weighted by Crippen LogP contribution is -2.35. The molecule has 1 saturated heterocycles. The van der Waals surface area contributed by atoms with Crippen molar-refractivity contribution in [2.24, 2.45) is 0 Å². The lowest BCUT2D eigenvalue weighted by molar-refractivity contribution is -0.131. The van der Waals surface area contributed by atoms with E-state index in [1.54, 1.807) is 0 Å². The lowest BCUT2D eigenvalue weighted by atomic mass is 10.1. The van der Waals surface area contributed by atoms with Crippen LogP contribution >= 0.6 is 0 Å². The molecule has 0 aromatic carbocycles. The van der Waals surface area contributed by atoms with Gasteiger partial charge in [-0.15, -0.1) is 6.42 Å². The van der Waals surface area contributed by atoms with Crippen LogP contribution < -0.4 is 5.32 Å². The molecule has 1 rings (SSSR count). The second kappa shape index (κ2) is 8.52. The Morgan fingerprint density at radius 2 is 2.17 bits per heavy atom. The minimum absolute atomic E-state index is 0.0381. The van der Waals surface area contributed by atoms with Crippen molar-refractivity contribution in [3.63, 3.8) is 0 Å². The predicted octanol–water partition coefficient (Wildman–Crippen LogP) is 0.130. The third-order valence-corrected chi connectivity index (χ3v) is 2.85. The fourth-order valence-electron chi connectivity index (χ4n) is 1.86. The van der Waals surface area contributed by atoms with Gasteiger partial charge in [0.05, 0.1) is 31.7 Å². The van der Waals surface area contributed by atoms with Crippen LogP contribution in [-0.2, 0) is 9.53 Å². The van der Waals surface area contributed by atoms with Gasteiger partial charge in [-0.1, -0.05) is 5.92 Å². The monoisotopic (exact) mass is 249 g/mol. The molecule has 18 heavy (non-hydrogen) atoms. The third kappa shape index (κ3) is 5.18. The summed E-state index contributed by atoms with van der Waals surface area (Å²) in [7, 11) is 0. The van der Waals surface area contributed by atoms with Crippen LogP contribution in [0.1, 0.15) is 19.3 Å². The summed E-state index contributed by atoms with van der Waals surface area (Å²) in [6.45, 7) is 2.55. The topological polar surface area (TPSA) is 65.4 Å². The van der Waals surface area contributed by atoms with E-state index < -0.39 is 0 Å². The number of rotatable bonds is 6. The molecule has 1 heterocycles. The zero-order chi connectivity index (χ0) is 13.2. The molecule has 1 amide bonds. The van der Waals surface area contributed by atoms with Gasteiger partial charge in [0.25, 0.3) is 0 Å². The highest BCUT2D eigenvalue weighted by Gasteiger charge is 2.15. The van der Waals surface area contributed by atoms with Crippen molar-refractivity contribution in [1.82, 2.24) is 10.2 Å². The van der Waals surface area contributed by atoms with Crippen LogP contribution in [0, 0.1) is 23.7 Å². The molecule has 1 N–H and O–H groups in total. The summed E-state index contributed by atoms with van der Waals surface area (Å²) in [5.41, 5.74) is 0. The number of nitrogens with one attached hydrogen (secondary N) is 1. The molecule has 0 aromatic rings. The summed E-state index contributed by atoms with van der Waals surface area (Å²) in [4.78, 5) is 13.1. The number of carbonyl (C=O) groups is 1. The second-order valence-electron chi connectivity index (χ2n) is 4.18. The van der Waals surface area contributed by atoms with E-state index in [2.05, 4.69) is 11.2 Å². The van der Waals surface area contributed by atoms with Crippen LogP contribution in [0.4, 0.5) is 0 Å². The van der Waals surface area contributed by atoms with Crippen molar-refractivity contribution < 1.29 is 9.53 Å². The molecule has 1 fully saturated rings. The maximum Gasteiger partial charge on any atom is 0.226 e. The molecule has 0 aliphatic carbocycles. The normalized spacial score (nSPS) is 15.7. The van der Waals surface area contributed by atoms with E-state index in [4.69, 9.17) is 16.4 Å². The van der Waals surface area contributed by atoms with Gasteiger partial charge in [0.2, 0.25) is 5.91 Å². The molecule has 0 saturated carbocycles. The Hall–Kier alpha value is -1.56. The van der Waals surface area contributed by atoms with Crippen molar-refractivity contribution in [2.75, 3.05) is 32.8 Å². The van der Waals surface area contributed by atoms with E-state index in [0.717, 1.165) is 25.9 Å². The van der Waals surface area contributed by atoms with Crippen molar-refractivity contribution in [1.29, 1.82) is 5.26 Å². The lowest BCUT2D eigenvalue weighted by Gasteiger charge is -2.23. The first-order valence-electron chi connectivity index (χ1n) is 6.18. The van der Waals surface area contributed by atoms with Gasteiger partial charge in [-0.2, -0.15) is 5.26 Å². The Kier molecular flexibility index (Phi) is 6.86. The van der Waals surface area contributed by atoms with Gasteiger partial charge in [0.15, 0.2) is 0 Å². The number of nitriles is 1. The van der Waals surface area contributed by atoms with E-state index in [9.17, 15) is 4.79 Å². The summed E-state index contributed by atoms with van der Waals surface area (Å²) in [5.74, 6) is 2.26. The molecule has 5 heteroatoms. The average Bonchev–Trinajstić information content (AvgIpc) is 2.39. The zero-order valence-electron chi connectivity index (χ0n) is 10.5. The fourth-order valence-corrected chi connectivity index (χ4v) is 1.86. The van der Waals surface area contributed by atoms with Gasteiger partial charge in [-0.3, -0.25) is 4.79 Å². The summed E-state index contributed by atoms with van der Waals surface area (Å²) in [6.07, 6.45) is 7.66. The molecule has 0 spiro atoms. The first-order chi connectivity index (χ1) is 8.77. The zero-order valence-corrected chi connectivity index (χ0v) is 10.5.